The smallest absolute Gasteiger partial charge is 0.265 e. The van der Waals surface area contributed by atoms with E-state index in [-0.39, 0.29) is 5.91 Å². The fourth-order valence-electron chi connectivity index (χ4n) is 0.829. The van der Waals surface area contributed by atoms with Gasteiger partial charge in [-0.2, -0.15) is 9.78 Å². The standard InChI is InChI=1S/C7H12N4O/c1-2-5(8)7(12)11-6(9)3-4-10-11/h3-5H,2,8-9H2,1H3. The number of hydrogen-bond donors (Lipinski definition) is 2. The molecule has 0 aliphatic rings. The van der Waals surface area contributed by atoms with Crippen molar-refractivity contribution in [2.75, 3.05) is 5.73 Å². The van der Waals surface area contributed by atoms with Crippen LogP contribution in [0.15, 0.2) is 12.3 Å². The monoisotopic (exact) mass is 168 g/mol. The van der Waals surface area contributed by atoms with E-state index in [9.17, 15) is 4.79 Å². The van der Waals surface area contributed by atoms with Gasteiger partial charge in [0.05, 0.1) is 12.2 Å². The molecule has 1 atom stereocenters. The van der Waals surface area contributed by atoms with Gasteiger partial charge in [-0.3, -0.25) is 4.79 Å². The lowest BCUT2D eigenvalue weighted by Gasteiger charge is -2.07. The molecule has 0 amide bonds. The van der Waals surface area contributed by atoms with Crippen LogP contribution in [0.5, 0.6) is 0 Å². The second kappa shape index (κ2) is 3.36. The molecule has 1 aromatic rings. The van der Waals surface area contributed by atoms with Crippen molar-refractivity contribution in [2.24, 2.45) is 5.73 Å². The number of rotatable bonds is 2. The van der Waals surface area contributed by atoms with Gasteiger partial charge in [-0.25, -0.2) is 0 Å². The van der Waals surface area contributed by atoms with E-state index in [4.69, 9.17) is 11.5 Å². The van der Waals surface area contributed by atoms with Crippen molar-refractivity contribution >= 4 is 11.7 Å². The van der Waals surface area contributed by atoms with E-state index in [0.717, 1.165) is 4.68 Å². The molecule has 5 nitrogen and oxygen atoms in total. The minimum atomic E-state index is -0.521. The van der Waals surface area contributed by atoms with Crippen LogP contribution in [0.2, 0.25) is 0 Å². The zero-order valence-electron chi connectivity index (χ0n) is 6.90. The maximum absolute atomic E-state index is 11.4. The molecule has 0 saturated heterocycles. The normalized spacial score (nSPS) is 12.8. The highest BCUT2D eigenvalue weighted by atomic mass is 16.2. The maximum atomic E-state index is 11.4. The topological polar surface area (TPSA) is 86.9 Å². The quantitative estimate of drug-likeness (QED) is 0.642. The summed E-state index contributed by atoms with van der Waals surface area (Å²) < 4.78 is 1.12. The van der Waals surface area contributed by atoms with E-state index < -0.39 is 6.04 Å². The number of aromatic nitrogens is 2. The molecule has 0 fully saturated rings. The van der Waals surface area contributed by atoms with Crippen molar-refractivity contribution in [2.45, 2.75) is 19.4 Å². The van der Waals surface area contributed by atoms with Crippen LogP contribution in [0.1, 0.15) is 18.1 Å². The fourth-order valence-corrected chi connectivity index (χ4v) is 0.829. The summed E-state index contributed by atoms with van der Waals surface area (Å²) in [6.07, 6.45) is 2.05. The average molecular weight is 168 g/mol. The van der Waals surface area contributed by atoms with E-state index in [1.165, 1.54) is 6.20 Å². The number of carbonyl (C=O) groups excluding carboxylic acids is 1. The number of carbonyl (C=O) groups is 1. The van der Waals surface area contributed by atoms with E-state index in [1.54, 1.807) is 6.07 Å². The Labute approximate surface area is 70.3 Å². The Morgan fingerprint density at radius 1 is 1.83 bits per heavy atom. The van der Waals surface area contributed by atoms with Crippen LogP contribution in [-0.4, -0.2) is 21.7 Å². The zero-order valence-corrected chi connectivity index (χ0v) is 6.90. The Balaban J connectivity index is 2.85. The van der Waals surface area contributed by atoms with E-state index in [2.05, 4.69) is 5.10 Å². The molecule has 1 heterocycles. The Morgan fingerprint density at radius 3 is 2.92 bits per heavy atom. The SMILES string of the molecule is CCC(N)C(=O)n1nccc1N. The van der Waals surface area contributed by atoms with Gasteiger partial charge in [-0.1, -0.05) is 6.92 Å². The summed E-state index contributed by atoms with van der Waals surface area (Å²) in [5.41, 5.74) is 11.0. The molecule has 0 spiro atoms. The summed E-state index contributed by atoms with van der Waals surface area (Å²) in [4.78, 5) is 11.4. The van der Waals surface area contributed by atoms with Gasteiger partial charge in [0.1, 0.15) is 5.82 Å². The van der Waals surface area contributed by atoms with Crippen LogP contribution < -0.4 is 11.5 Å². The largest absolute Gasteiger partial charge is 0.383 e. The molecule has 4 N–H and O–H groups in total. The first kappa shape index (κ1) is 8.73. The van der Waals surface area contributed by atoms with Crippen LogP contribution in [0, 0.1) is 0 Å². The van der Waals surface area contributed by atoms with Crippen molar-refractivity contribution in [1.29, 1.82) is 0 Å². The molecule has 5 heteroatoms. The zero-order chi connectivity index (χ0) is 9.14. The van der Waals surface area contributed by atoms with Crippen molar-refractivity contribution in [3.8, 4) is 0 Å². The Morgan fingerprint density at radius 2 is 2.50 bits per heavy atom. The lowest BCUT2D eigenvalue weighted by molar-refractivity contribution is 0.0864. The van der Waals surface area contributed by atoms with E-state index >= 15 is 0 Å². The molecule has 12 heavy (non-hydrogen) atoms. The van der Waals surface area contributed by atoms with E-state index in [0.29, 0.717) is 12.2 Å². The summed E-state index contributed by atoms with van der Waals surface area (Å²) in [5.74, 6) is 0.0592. The molecule has 1 unspecified atom stereocenters. The maximum Gasteiger partial charge on any atom is 0.265 e. The summed E-state index contributed by atoms with van der Waals surface area (Å²) in [7, 11) is 0. The number of nitrogens with zero attached hydrogens (tertiary/aromatic N) is 2. The van der Waals surface area contributed by atoms with Crippen LogP contribution >= 0.6 is 0 Å². The van der Waals surface area contributed by atoms with Gasteiger partial charge in [0.25, 0.3) is 5.91 Å². The highest BCUT2D eigenvalue weighted by molar-refractivity contribution is 5.85. The second-order valence-electron chi connectivity index (χ2n) is 2.52. The minimum Gasteiger partial charge on any atom is -0.383 e. The Hall–Kier alpha value is -1.36. The molecule has 0 aromatic carbocycles. The molecule has 1 aromatic heterocycles. The lowest BCUT2D eigenvalue weighted by Crippen LogP contribution is -2.35. The second-order valence-corrected chi connectivity index (χ2v) is 2.52. The van der Waals surface area contributed by atoms with Crippen molar-refractivity contribution in [3.63, 3.8) is 0 Å². The van der Waals surface area contributed by atoms with Crippen LogP contribution in [-0.2, 0) is 0 Å². The molecule has 0 radical (unpaired) electrons. The number of anilines is 1. The lowest BCUT2D eigenvalue weighted by atomic mass is 10.2. The average Bonchev–Trinajstić information content (AvgIpc) is 2.48. The summed E-state index contributed by atoms with van der Waals surface area (Å²) in [6, 6.07) is 1.03. The van der Waals surface area contributed by atoms with Gasteiger partial charge in [0.15, 0.2) is 0 Å². The van der Waals surface area contributed by atoms with Crippen molar-refractivity contribution in [1.82, 2.24) is 9.78 Å². The molecule has 0 bridgehead atoms. The molecule has 66 valence electrons. The first-order chi connectivity index (χ1) is 5.66. The summed E-state index contributed by atoms with van der Waals surface area (Å²) in [6.45, 7) is 1.84. The summed E-state index contributed by atoms with van der Waals surface area (Å²) >= 11 is 0. The third kappa shape index (κ3) is 1.45. The number of nitrogen functional groups attached to an aromatic ring is 1. The van der Waals surface area contributed by atoms with Gasteiger partial charge in [0, 0.05) is 6.07 Å². The fraction of sp³-hybridized carbons (Fsp3) is 0.429. The van der Waals surface area contributed by atoms with E-state index in [1.807, 2.05) is 6.92 Å². The molecule has 0 saturated carbocycles. The van der Waals surface area contributed by atoms with Gasteiger partial charge in [-0.15, -0.1) is 0 Å². The molecule has 0 aliphatic heterocycles. The van der Waals surface area contributed by atoms with Crippen LogP contribution in [0.25, 0.3) is 0 Å². The van der Waals surface area contributed by atoms with Crippen LogP contribution in [0.3, 0.4) is 0 Å². The number of hydrogen-bond acceptors (Lipinski definition) is 4. The predicted octanol–water partition coefficient (Wildman–Crippen LogP) is -0.157. The van der Waals surface area contributed by atoms with Crippen LogP contribution in [0.4, 0.5) is 5.82 Å². The van der Waals surface area contributed by atoms with Gasteiger partial charge < -0.3 is 11.5 Å². The predicted molar refractivity (Wildman–Crippen MR) is 45.5 cm³/mol. The molecule has 0 aliphatic carbocycles. The van der Waals surface area contributed by atoms with Gasteiger partial charge >= 0.3 is 0 Å². The Bertz CT molecular complexity index is 281. The third-order valence-electron chi connectivity index (χ3n) is 1.64. The van der Waals surface area contributed by atoms with Crippen molar-refractivity contribution < 1.29 is 4.79 Å². The highest BCUT2D eigenvalue weighted by Gasteiger charge is 2.15. The first-order valence-corrected chi connectivity index (χ1v) is 3.76. The number of nitrogens with two attached hydrogens (primary N) is 2. The molecule has 1 rings (SSSR count). The summed E-state index contributed by atoms with van der Waals surface area (Å²) in [5, 5.41) is 3.75. The molecular formula is C7H12N4O. The first-order valence-electron chi connectivity index (χ1n) is 3.76. The minimum absolute atomic E-state index is 0.264. The van der Waals surface area contributed by atoms with Gasteiger partial charge in [0.2, 0.25) is 0 Å². The Kier molecular flexibility index (Phi) is 2.44. The highest BCUT2D eigenvalue weighted by Crippen LogP contribution is 2.01. The van der Waals surface area contributed by atoms with Gasteiger partial charge in [-0.05, 0) is 6.42 Å². The molecular weight excluding hydrogens is 156 g/mol. The third-order valence-corrected chi connectivity index (χ3v) is 1.64. The van der Waals surface area contributed by atoms with Crippen molar-refractivity contribution in [3.05, 3.63) is 12.3 Å².